The van der Waals surface area contributed by atoms with Crippen LogP contribution in [0, 0.1) is 23.2 Å². The lowest BCUT2D eigenvalue weighted by Crippen LogP contribution is -2.47. The summed E-state index contributed by atoms with van der Waals surface area (Å²) in [5, 5.41) is 3.24. The highest BCUT2D eigenvalue weighted by atomic mass is 32.2. The minimum absolute atomic E-state index is 0.111. The molecule has 4 aliphatic carbocycles. The summed E-state index contributed by atoms with van der Waals surface area (Å²) in [6, 6.07) is 0. The third kappa shape index (κ3) is 3.40. The van der Waals surface area contributed by atoms with Crippen molar-refractivity contribution in [2.45, 2.75) is 51.4 Å². The van der Waals surface area contributed by atoms with E-state index in [1.165, 1.54) is 56.7 Å². The van der Waals surface area contributed by atoms with Crippen LogP contribution < -0.4 is 5.32 Å². The second kappa shape index (κ2) is 6.30. The maximum Gasteiger partial charge on any atom is 0.281 e. The molecule has 0 radical (unpaired) electrons. The van der Waals surface area contributed by atoms with Crippen LogP contribution >= 0.6 is 11.8 Å². The molecule has 128 valence electrons. The molecule has 5 fully saturated rings. The van der Waals surface area contributed by atoms with Crippen molar-refractivity contribution in [2.24, 2.45) is 23.2 Å². The van der Waals surface area contributed by atoms with Gasteiger partial charge in [0, 0.05) is 31.8 Å². The number of amides is 2. The molecule has 0 aromatic carbocycles. The van der Waals surface area contributed by atoms with E-state index in [0.717, 1.165) is 36.6 Å². The maximum absolute atomic E-state index is 12.0. The molecule has 4 saturated carbocycles. The van der Waals surface area contributed by atoms with E-state index in [4.69, 9.17) is 0 Å². The van der Waals surface area contributed by atoms with Gasteiger partial charge in [-0.3, -0.25) is 9.59 Å². The van der Waals surface area contributed by atoms with Crippen LogP contribution in [0.15, 0.2) is 0 Å². The number of hydrogen-bond donors (Lipinski definition) is 1. The van der Waals surface area contributed by atoms with Crippen LogP contribution in [0.1, 0.15) is 51.4 Å². The normalized spacial score (nSPS) is 38.3. The Labute approximate surface area is 143 Å². The van der Waals surface area contributed by atoms with E-state index in [1.54, 1.807) is 4.90 Å². The van der Waals surface area contributed by atoms with Crippen LogP contribution in [0.4, 0.5) is 4.79 Å². The molecule has 2 amide bonds. The zero-order chi connectivity index (χ0) is 15.9. The molecule has 0 atom stereocenters. The van der Waals surface area contributed by atoms with Gasteiger partial charge in [0.1, 0.15) is 0 Å². The molecule has 1 heterocycles. The van der Waals surface area contributed by atoms with Crippen LogP contribution in [0.25, 0.3) is 0 Å². The van der Waals surface area contributed by atoms with Crippen LogP contribution in [-0.2, 0) is 4.79 Å². The summed E-state index contributed by atoms with van der Waals surface area (Å²) in [7, 11) is 0. The molecule has 4 nitrogen and oxygen atoms in total. The van der Waals surface area contributed by atoms with Crippen molar-refractivity contribution in [2.75, 3.05) is 25.4 Å². The average Bonchev–Trinajstić information content (AvgIpc) is 2.89. The number of nitrogens with one attached hydrogen (secondary N) is 1. The number of hydrogen-bond acceptors (Lipinski definition) is 3. The predicted octanol–water partition coefficient (Wildman–Crippen LogP) is 3.27. The Morgan fingerprint density at radius 3 is 2.39 bits per heavy atom. The quantitative estimate of drug-likeness (QED) is 0.810. The molecular formula is C18H28N2O2S. The lowest BCUT2D eigenvalue weighted by molar-refractivity contribution is -0.121. The first-order valence-electron chi connectivity index (χ1n) is 9.30. The first-order chi connectivity index (χ1) is 11.1. The van der Waals surface area contributed by atoms with Gasteiger partial charge in [0.05, 0.1) is 0 Å². The van der Waals surface area contributed by atoms with Gasteiger partial charge >= 0.3 is 0 Å². The number of carbonyl (C=O) groups excluding carboxylic acids is 2. The highest BCUT2D eigenvalue weighted by molar-refractivity contribution is 8.13. The van der Waals surface area contributed by atoms with Gasteiger partial charge in [-0.25, -0.2) is 0 Å². The first-order valence-corrected chi connectivity index (χ1v) is 10.3. The van der Waals surface area contributed by atoms with Gasteiger partial charge in [-0.15, -0.1) is 0 Å². The first kappa shape index (κ1) is 15.8. The SMILES string of the molecule is O=C(CCN1CCSC1=O)NCCC12CC3CC(CC(C3)C1)C2. The second-order valence-electron chi connectivity index (χ2n) is 8.37. The van der Waals surface area contributed by atoms with E-state index in [0.29, 0.717) is 18.4 Å². The Hall–Kier alpha value is -0.710. The Morgan fingerprint density at radius 2 is 1.83 bits per heavy atom. The van der Waals surface area contributed by atoms with Crippen molar-refractivity contribution < 1.29 is 9.59 Å². The van der Waals surface area contributed by atoms with Gasteiger partial charge in [-0.2, -0.15) is 0 Å². The smallest absolute Gasteiger partial charge is 0.281 e. The van der Waals surface area contributed by atoms with Gasteiger partial charge in [0.15, 0.2) is 0 Å². The van der Waals surface area contributed by atoms with Gasteiger partial charge in [0.2, 0.25) is 5.91 Å². The van der Waals surface area contributed by atoms with Crippen molar-refractivity contribution in [3.63, 3.8) is 0 Å². The topological polar surface area (TPSA) is 49.4 Å². The molecule has 5 rings (SSSR count). The molecule has 0 aromatic rings. The highest BCUT2D eigenvalue weighted by Crippen LogP contribution is 2.61. The molecule has 23 heavy (non-hydrogen) atoms. The van der Waals surface area contributed by atoms with Crippen LogP contribution in [0.2, 0.25) is 0 Å². The highest BCUT2D eigenvalue weighted by Gasteiger charge is 2.50. The van der Waals surface area contributed by atoms with Gasteiger partial charge in [-0.1, -0.05) is 11.8 Å². The van der Waals surface area contributed by atoms with Crippen LogP contribution in [0.3, 0.4) is 0 Å². The van der Waals surface area contributed by atoms with E-state index in [2.05, 4.69) is 5.32 Å². The lowest BCUT2D eigenvalue weighted by atomic mass is 9.49. The number of rotatable bonds is 6. The van der Waals surface area contributed by atoms with Gasteiger partial charge in [0.25, 0.3) is 5.24 Å². The Balaban J connectivity index is 1.20. The molecular weight excluding hydrogens is 308 g/mol. The summed E-state index contributed by atoms with van der Waals surface area (Å²) in [6.07, 6.45) is 10.3. The lowest BCUT2D eigenvalue weighted by Gasteiger charge is -2.57. The van der Waals surface area contributed by atoms with E-state index in [9.17, 15) is 9.59 Å². The van der Waals surface area contributed by atoms with Crippen molar-refractivity contribution in [1.82, 2.24) is 10.2 Å². The fourth-order valence-electron chi connectivity index (χ4n) is 6.02. The standard InChI is InChI=1S/C18H28N2O2S/c21-16(1-4-20-5-6-23-17(20)22)19-3-2-18-10-13-7-14(11-18)9-15(8-13)12-18/h13-15H,1-12H2,(H,19,21). The maximum atomic E-state index is 12.0. The summed E-state index contributed by atoms with van der Waals surface area (Å²) in [6.45, 7) is 2.20. The number of carbonyl (C=O) groups is 2. The fraction of sp³-hybridized carbons (Fsp3) is 0.889. The molecule has 5 heteroatoms. The zero-order valence-corrected chi connectivity index (χ0v) is 14.7. The number of nitrogens with zero attached hydrogens (tertiary/aromatic N) is 1. The van der Waals surface area contributed by atoms with E-state index < -0.39 is 0 Å². The molecule has 0 unspecified atom stereocenters. The van der Waals surface area contributed by atoms with Crippen molar-refractivity contribution >= 4 is 22.9 Å². The van der Waals surface area contributed by atoms with Crippen molar-refractivity contribution in [3.8, 4) is 0 Å². The molecule has 4 bridgehead atoms. The summed E-state index contributed by atoms with van der Waals surface area (Å²) in [5.41, 5.74) is 0.545. The van der Waals surface area contributed by atoms with Gasteiger partial charge in [-0.05, 0) is 68.1 Å². The summed E-state index contributed by atoms with van der Waals surface area (Å²) >= 11 is 1.36. The predicted molar refractivity (Wildman–Crippen MR) is 92.3 cm³/mol. The molecule has 5 aliphatic rings. The summed E-state index contributed by atoms with van der Waals surface area (Å²) < 4.78 is 0. The molecule has 1 N–H and O–H groups in total. The average molecular weight is 337 g/mol. The summed E-state index contributed by atoms with van der Waals surface area (Å²) in [4.78, 5) is 25.3. The molecule has 0 aromatic heterocycles. The third-order valence-corrected chi connectivity index (χ3v) is 7.49. The fourth-order valence-corrected chi connectivity index (χ4v) is 6.87. The second-order valence-corrected chi connectivity index (χ2v) is 9.42. The molecule has 1 saturated heterocycles. The van der Waals surface area contributed by atoms with E-state index >= 15 is 0 Å². The van der Waals surface area contributed by atoms with Crippen LogP contribution in [0.5, 0.6) is 0 Å². The molecule has 1 aliphatic heterocycles. The monoisotopic (exact) mass is 336 g/mol. The van der Waals surface area contributed by atoms with Gasteiger partial charge < -0.3 is 10.2 Å². The van der Waals surface area contributed by atoms with Crippen LogP contribution in [-0.4, -0.2) is 41.4 Å². The largest absolute Gasteiger partial charge is 0.356 e. The van der Waals surface area contributed by atoms with Crippen molar-refractivity contribution in [3.05, 3.63) is 0 Å². The Morgan fingerprint density at radius 1 is 1.17 bits per heavy atom. The minimum atomic E-state index is 0.111. The minimum Gasteiger partial charge on any atom is -0.356 e. The Kier molecular flexibility index (Phi) is 4.33. The third-order valence-electron chi connectivity index (χ3n) is 6.60. The number of thioether (sulfide) groups is 1. The van der Waals surface area contributed by atoms with E-state index in [1.807, 2.05) is 0 Å². The zero-order valence-electron chi connectivity index (χ0n) is 13.9. The van der Waals surface area contributed by atoms with E-state index in [-0.39, 0.29) is 11.1 Å². The summed E-state index contributed by atoms with van der Waals surface area (Å²) in [5.74, 6) is 3.92. The Bertz CT molecular complexity index is 458. The molecule has 0 spiro atoms. The van der Waals surface area contributed by atoms with Crippen molar-refractivity contribution in [1.29, 1.82) is 0 Å².